The molecule has 5 N–H and O–H groups in total. The lowest BCUT2D eigenvalue weighted by Gasteiger charge is -2.17. The van der Waals surface area contributed by atoms with Crippen molar-refractivity contribution in [3.05, 3.63) is 35.9 Å². The first-order valence-corrected chi connectivity index (χ1v) is 7.40. The third-order valence-corrected chi connectivity index (χ3v) is 3.42. The fourth-order valence-electron chi connectivity index (χ4n) is 2.19. The zero-order valence-corrected chi connectivity index (χ0v) is 12.2. The average molecular weight is 292 g/mol. The molecule has 2 rings (SSSR count). The molecule has 0 aliphatic carbocycles. The third kappa shape index (κ3) is 5.71. The zero-order valence-electron chi connectivity index (χ0n) is 12.2. The summed E-state index contributed by atoms with van der Waals surface area (Å²) in [7, 11) is 0. The predicted octanol–water partition coefficient (Wildman–Crippen LogP) is 0.364. The van der Waals surface area contributed by atoms with Gasteiger partial charge in [0, 0.05) is 32.3 Å². The summed E-state index contributed by atoms with van der Waals surface area (Å²) in [5, 5.41) is 8.88. The van der Waals surface area contributed by atoms with Crippen LogP contribution < -0.4 is 21.7 Å². The van der Waals surface area contributed by atoms with Crippen LogP contribution in [-0.2, 0) is 4.74 Å². The van der Waals surface area contributed by atoms with Crippen molar-refractivity contribution in [2.75, 3.05) is 32.8 Å². The van der Waals surface area contributed by atoms with Crippen LogP contribution in [0.3, 0.4) is 0 Å². The van der Waals surface area contributed by atoms with Gasteiger partial charge >= 0.3 is 6.03 Å². The molecule has 0 radical (unpaired) electrons. The molecule has 1 aliphatic rings. The third-order valence-electron chi connectivity index (χ3n) is 3.42. The second kappa shape index (κ2) is 8.61. The molecule has 1 aliphatic heterocycles. The first-order chi connectivity index (χ1) is 10.3. The van der Waals surface area contributed by atoms with Gasteiger partial charge in [0.2, 0.25) is 0 Å². The van der Waals surface area contributed by atoms with Crippen molar-refractivity contribution in [3.63, 3.8) is 0 Å². The predicted molar refractivity (Wildman–Crippen MR) is 82.0 cm³/mol. The van der Waals surface area contributed by atoms with E-state index in [1.54, 1.807) is 0 Å². The maximum absolute atomic E-state index is 11.8. The fourth-order valence-corrected chi connectivity index (χ4v) is 2.19. The monoisotopic (exact) mass is 292 g/mol. The van der Waals surface area contributed by atoms with Gasteiger partial charge in [0.15, 0.2) is 0 Å². The SMILES string of the molecule is NC(CNC(=O)NCC1CNCCCO1)c1ccccc1. The number of nitrogens with two attached hydrogens (primary N) is 1. The molecule has 21 heavy (non-hydrogen) atoms. The molecule has 0 spiro atoms. The number of ether oxygens (including phenoxy) is 1. The summed E-state index contributed by atoms with van der Waals surface area (Å²) < 4.78 is 5.62. The molecule has 6 heteroatoms. The molecule has 1 aromatic carbocycles. The highest BCUT2D eigenvalue weighted by atomic mass is 16.5. The van der Waals surface area contributed by atoms with Crippen LogP contribution in [0.1, 0.15) is 18.0 Å². The Kier molecular flexibility index (Phi) is 6.46. The molecule has 0 bridgehead atoms. The highest BCUT2D eigenvalue weighted by Gasteiger charge is 2.13. The molecule has 1 saturated heterocycles. The lowest BCUT2D eigenvalue weighted by molar-refractivity contribution is 0.0685. The van der Waals surface area contributed by atoms with E-state index in [-0.39, 0.29) is 18.2 Å². The van der Waals surface area contributed by atoms with Gasteiger partial charge in [-0.1, -0.05) is 30.3 Å². The Labute approximate surface area is 125 Å². The molecule has 0 saturated carbocycles. The van der Waals surface area contributed by atoms with Crippen LogP contribution in [0, 0.1) is 0 Å². The summed E-state index contributed by atoms with van der Waals surface area (Å²) in [5.41, 5.74) is 7.03. The van der Waals surface area contributed by atoms with E-state index in [2.05, 4.69) is 16.0 Å². The van der Waals surface area contributed by atoms with Crippen molar-refractivity contribution in [2.24, 2.45) is 5.73 Å². The number of hydrogen-bond donors (Lipinski definition) is 4. The molecule has 2 amide bonds. The number of carbonyl (C=O) groups is 1. The van der Waals surface area contributed by atoms with Crippen LogP contribution in [0.25, 0.3) is 0 Å². The van der Waals surface area contributed by atoms with Gasteiger partial charge < -0.3 is 26.4 Å². The van der Waals surface area contributed by atoms with Crippen molar-refractivity contribution in [1.29, 1.82) is 0 Å². The van der Waals surface area contributed by atoms with Crippen molar-refractivity contribution >= 4 is 6.03 Å². The van der Waals surface area contributed by atoms with Gasteiger partial charge in [-0.15, -0.1) is 0 Å². The highest BCUT2D eigenvalue weighted by Crippen LogP contribution is 2.07. The molecule has 116 valence electrons. The van der Waals surface area contributed by atoms with Crippen LogP contribution in [0.15, 0.2) is 30.3 Å². The molecule has 1 aromatic rings. The first-order valence-electron chi connectivity index (χ1n) is 7.40. The van der Waals surface area contributed by atoms with Crippen LogP contribution >= 0.6 is 0 Å². The van der Waals surface area contributed by atoms with E-state index in [9.17, 15) is 4.79 Å². The molecular formula is C15H24N4O2. The van der Waals surface area contributed by atoms with Crippen molar-refractivity contribution in [1.82, 2.24) is 16.0 Å². The minimum atomic E-state index is -0.214. The Hall–Kier alpha value is -1.63. The van der Waals surface area contributed by atoms with E-state index in [4.69, 9.17) is 10.5 Å². The summed E-state index contributed by atoms with van der Waals surface area (Å²) in [6, 6.07) is 9.31. The molecule has 0 aromatic heterocycles. The summed E-state index contributed by atoms with van der Waals surface area (Å²) in [5.74, 6) is 0. The molecule has 2 atom stereocenters. The van der Waals surface area contributed by atoms with Gasteiger partial charge in [0.05, 0.1) is 6.10 Å². The quantitative estimate of drug-likeness (QED) is 0.631. The smallest absolute Gasteiger partial charge is 0.314 e. The second-order valence-corrected chi connectivity index (χ2v) is 5.16. The molecule has 2 unspecified atom stereocenters. The molecular weight excluding hydrogens is 268 g/mol. The number of carbonyl (C=O) groups excluding carboxylic acids is 1. The van der Waals surface area contributed by atoms with E-state index >= 15 is 0 Å². The zero-order chi connectivity index (χ0) is 14.9. The minimum absolute atomic E-state index is 0.0287. The number of amides is 2. The van der Waals surface area contributed by atoms with Crippen molar-refractivity contribution in [3.8, 4) is 0 Å². The van der Waals surface area contributed by atoms with Gasteiger partial charge in [-0.2, -0.15) is 0 Å². The summed E-state index contributed by atoms with van der Waals surface area (Å²) in [6.07, 6.45) is 1.04. The summed E-state index contributed by atoms with van der Waals surface area (Å²) in [4.78, 5) is 11.8. The standard InChI is InChI=1S/C15H24N4O2/c16-14(12-5-2-1-3-6-12)11-19-15(20)18-10-13-9-17-7-4-8-21-13/h1-3,5-6,13-14,17H,4,7-11,16H2,(H2,18,19,20). The normalized spacial score (nSPS) is 20.3. The minimum Gasteiger partial charge on any atom is -0.375 e. The van der Waals surface area contributed by atoms with E-state index in [1.165, 1.54) is 0 Å². The Morgan fingerprint density at radius 1 is 1.38 bits per heavy atom. The number of nitrogens with one attached hydrogen (secondary N) is 3. The number of hydrogen-bond acceptors (Lipinski definition) is 4. The number of rotatable bonds is 5. The summed E-state index contributed by atoms with van der Waals surface area (Å²) >= 11 is 0. The van der Waals surface area contributed by atoms with Crippen molar-refractivity contribution < 1.29 is 9.53 Å². The van der Waals surface area contributed by atoms with Crippen LogP contribution in [0.5, 0.6) is 0 Å². The Morgan fingerprint density at radius 2 is 2.19 bits per heavy atom. The van der Waals surface area contributed by atoms with E-state index in [0.29, 0.717) is 13.1 Å². The van der Waals surface area contributed by atoms with E-state index in [1.807, 2.05) is 30.3 Å². The van der Waals surface area contributed by atoms with Gasteiger partial charge in [0.25, 0.3) is 0 Å². The number of benzene rings is 1. The van der Waals surface area contributed by atoms with Gasteiger partial charge in [-0.25, -0.2) is 4.79 Å². The molecule has 1 fully saturated rings. The van der Waals surface area contributed by atoms with Crippen LogP contribution in [0.2, 0.25) is 0 Å². The Balaban J connectivity index is 1.65. The largest absolute Gasteiger partial charge is 0.375 e. The topological polar surface area (TPSA) is 88.4 Å². The number of urea groups is 1. The molecule has 1 heterocycles. The maximum Gasteiger partial charge on any atom is 0.314 e. The first kappa shape index (κ1) is 15.8. The average Bonchev–Trinajstić information content (AvgIpc) is 2.80. The second-order valence-electron chi connectivity index (χ2n) is 5.16. The van der Waals surface area contributed by atoms with E-state index in [0.717, 1.165) is 31.7 Å². The molecule has 6 nitrogen and oxygen atoms in total. The van der Waals surface area contributed by atoms with Crippen LogP contribution in [0.4, 0.5) is 4.79 Å². The lowest BCUT2D eigenvalue weighted by atomic mass is 10.1. The van der Waals surface area contributed by atoms with Gasteiger partial charge in [0.1, 0.15) is 0 Å². The Morgan fingerprint density at radius 3 is 3.00 bits per heavy atom. The van der Waals surface area contributed by atoms with Crippen molar-refractivity contribution in [2.45, 2.75) is 18.6 Å². The van der Waals surface area contributed by atoms with Gasteiger partial charge in [-0.3, -0.25) is 0 Å². The van der Waals surface area contributed by atoms with Crippen LogP contribution in [-0.4, -0.2) is 44.9 Å². The fraction of sp³-hybridized carbons (Fsp3) is 0.533. The Bertz CT molecular complexity index is 419. The van der Waals surface area contributed by atoms with Gasteiger partial charge in [-0.05, 0) is 18.5 Å². The summed E-state index contributed by atoms with van der Waals surface area (Å²) in [6.45, 7) is 3.37. The highest BCUT2D eigenvalue weighted by molar-refractivity contribution is 5.73. The van der Waals surface area contributed by atoms with E-state index < -0.39 is 0 Å². The lowest BCUT2D eigenvalue weighted by Crippen LogP contribution is -2.44. The maximum atomic E-state index is 11.8.